The highest BCUT2D eigenvalue weighted by atomic mass is 16.5. The molecule has 6 heteroatoms. The van der Waals surface area contributed by atoms with E-state index in [0.29, 0.717) is 19.7 Å². The summed E-state index contributed by atoms with van der Waals surface area (Å²) < 4.78 is 10.2. The van der Waals surface area contributed by atoms with E-state index in [1.165, 1.54) is 0 Å². The van der Waals surface area contributed by atoms with Crippen LogP contribution in [-0.2, 0) is 14.3 Å². The Balaban J connectivity index is 3.00. The first-order valence-electron chi connectivity index (χ1n) is 9.18. The molecule has 0 saturated carbocycles. The number of carbonyl (C=O) groups is 2. The lowest BCUT2D eigenvalue weighted by Crippen LogP contribution is -2.39. The lowest BCUT2D eigenvalue weighted by Gasteiger charge is -2.31. The number of likely N-dealkylation sites (N-methyl/N-ethyl adjacent to an activating group) is 1. The fraction of sp³-hybridized carbons (Fsp3) is 0.524. The van der Waals surface area contributed by atoms with Gasteiger partial charge in [-0.05, 0) is 52.6 Å². The third-order valence-electron chi connectivity index (χ3n) is 4.13. The molecule has 0 aromatic heterocycles. The maximum atomic E-state index is 12.7. The zero-order valence-corrected chi connectivity index (χ0v) is 17.3. The summed E-state index contributed by atoms with van der Waals surface area (Å²) in [4.78, 5) is 28.2. The van der Waals surface area contributed by atoms with Gasteiger partial charge < -0.3 is 19.3 Å². The monoisotopic (exact) mass is 376 g/mol. The number of ether oxygens (including phenoxy) is 2. The molecule has 0 bridgehead atoms. The summed E-state index contributed by atoms with van der Waals surface area (Å²) >= 11 is 0. The SMILES string of the molecule is CCOC(=O)CCN(CC(c1ccc(OC)cc1)N(C)C)C(=O)C=C(C)C. The predicted molar refractivity (Wildman–Crippen MR) is 107 cm³/mol. The lowest BCUT2D eigenvalue weighted by molar-refractivity contribution is -0.143. The van der Waals surface area contributed by atoms with Gasteiger partial charge in [-0.25, -0.2) is 0 Å². The Morgan fingerprint density at radius 3 is 2.26 bits per heavy atom. The molecule has 1 rings (SSSR count). The van der Waals surface area contributed by atoms with Crippen LogP contribution in [0.2, 0.25) is 0 Å². The van der Waals surface area contributed by atoms with Gasteiger partial charge in [-0.3, -0.25) is 9.59 Å². The van der Waals surface area contributed by atoms with Gasteiger partial charge in [0.1, 0.15) is 5.75 Å². The second kappa shape index (κ2) is 11.4. The molecule has 150 valence electrons. The van der Waals surface area contributed by atoms with E-state index in [1.54, 1.807) is 25.0 Å². The van der Waals surface area contributed by atoms with Crippen molar-refractivity contribution < 1.29 is 19.1 Å². The van der Waals surface area contributed by atoms with E-state index >= 15 is 0 Å². The molecule has 0 heterocycles. The first kappa shape index (κ1) is 22.7. The summed E-state index contributed by atoms with van der Waals surface area (Å²) in [6.45, 7) is 6.68. The average molecular weight is 376 g/mol. The van der Waals surface area contributed by atoms with Gasteiger partial charge in [-0.15, -0.1) is 0 Å². The Bertz CT molecular complexity index is 634. The van der Waals surface area contributed by atoms with Crippen molar-refractivity contribution in [3.63, 3.8) is 0 Å². The van der Waals surface area contributed by atoms with Crippen LogP contribution in [0, 0.1) is 0 Å². The topological polar surface area (TPSA) is 59.1 Å². The molecule has 0 radical (unpaired) electrons. The summed E-state index contributed by atoms with van der Waals surface area (Å²) in [5, 5.41) is 0. The van der Waals surface area contributed by atoms with Crippen molar-refractivity contribution in [2.45, 2.75) is 33.2 Å². The van der Waals surface area contributed by atoms with Gasteiger partial charge in [0.15, 0.2) is 0 Å². The van der Waals surface area contributed by atoms with Crippen LogP contribution in [-0.4, -0.2) is 62.6 Å². The Kier molecular flexibility index (Phi) is 9.58. The van der Waals surface area contributed by atoms with Gasteiger partial charge in [-0.1, -0.05) is 17.7 Å². The molecular formula is C21H32N2O4. The largest absolute Gasteiger partial charge is 0.497 e. The van der Waals surface area contributed by atoms with Crippen molar-refractivity contribution in [3.05, 3.63) is 41.5 Å². The van der Waals surface area contributed by atoms with Crippen molar-refractivity contribution in [2.75, 3.05) is 40.9 Å². The van der Waals surface area contributed by atoms with Crippen molar-refractivity contribution in [1.29, 1.82) is 0 Å². The van der Waals surface area contributed by atoms with Gasteiger partial charge in [0.2, 0.25) is 5.91 Å². The van der Waals surface area contributed by atoms with Crippen LogP contribution in [0.15, 0.2) is 35.9 Å². The fourth-order valence-corrected chi connectivity index (χ4v) is 2.69. The van der Waals surface area contributed by atoms with Crippen LogP contribution in [0.3, 0.4) is 0 Å². The van der Waals surface area contributed by atoms with Gasteiger partial charge in [-0.2, -0.15) is 0 Å². The van der Waals surface area contributed by atoms with E-state index in [-0.39, 0.29) is 24.3 Å². The van der Waals surface area contributed by atoms with Crippen LogP contribution in [0.25, 0.3) is 0 Å². The molecule has 0 fully saturated rings. The van der Waals surface area contributed by atoms with E-state index in [2.05, 4.69) is 4.90 Å². The Labute approximate surface area is 162 Å². The molecule has 0 N–H and O–H groups in total. The molecule has 1 aromatic rings. The molecule has 1 aromatic carbocycles. The molecular weight excluding hydrogens is 344 g/mol. The molecule has 27 heavy (non-hydrogen) atoms. The second-order valence-electron chi connectivity index (χ2n) is 6.81. The quantitative estimate of drug-likeness (QED) is 0.464. The number of hydrogen-bond acceptors (Lipinski definition) is 5. The van der Waals surface area contributed by atoms with Gasteiger partial charge in [0, 0.05) is 19.2 Å². The van der Waals surface area contributed by atoms with Crippen molar-refractivity contribution in [1.82, 2.24) is 9.80 Å². The number of rotatable bonds is 10. The van der Waals surface area contributed by atoms with Gasteiger partial charge in [0.25, 0.3) is 0 Å². The number of allylic oxidation sites excluding steroid dienone is 1. The van der Waals surface area contributed by atoms with Crippen molar-refractivity contribution >= 4 is 11.9 Å². The normalized spacial score (nSPS) is 11.7. The van der Waals surface area contributed by atoms with Gasteiger partial charge in [0.05, 0.1) is 26.2 Å². The molecule has 6 nitrogen and oxygen atoms in total. The Morgan fingerprint density at radius 1 is 1.15 bits per heavy atom. The molecule has 0 spiro atoms. The number of carbonyl (C=O) groups excluding carboxylic acids is 2. The average Bonchev–Trinajstić information content (AvgIpc) is 2.61. The van der Waals surface area contributed by atoms with E-state index in [9.17, 15) is 9.59 Å². The van der Waals surface area contributed by atoms with Crippen LogP contribution in [0.1, 0.15) is 38.8 Å². The minimum Gasteiger partial charge on any atom is -0.497 e. The number of methoxy groups -OCH3 is 1. The molecule has 0 aliphatic rings. The van der Waals surface area contributed by atoms with E-state index in [0.717, 1.165) is 16.9 Å². The van der Waals surface area contributed by atoms with Gasteiger partial charge >= 0.3 is 5.97 Å². The lowest BCUT2D eigenvalue weighted by atomic mass is 10.0. The summed E-state index contributed by atoms with van der Waals surface area (Å²) in [6, 6.07) is 7.81. The minimum atomic E-state index is -0.293. The van der Waals surface area contributed by atoms with Crippen LogP contribution >= 0.6 is 0 Å². The molecule has 1 atom stereocenters. The molecule has 0 aliphatic heterocycles. The zero-order valence-electron chi connectivity index (χ0n) is 17.3. The van der Waals surface area contributed by atoms with E-state index in [1.807, 2.05) is 52.2 Å². The maximum absolute atomic E-state index is 12.7. The highest BCUT2D eigenvalue weighted by molar-refractivity contribution is 5.88. The Hall–Kier alpha value is -2.34. The van der Waals surface area contributed by atoms with Crippen LogP contribution in [0.5, 0.6) is 5.75 Å². The molecule has 1 amide bonds. The summed E-state index contributed by atoms with van der Waals surface area (Å²) in [5.74, 6) is 0.397. The minimum absolute atomic E-state index is 0.00684. The first-order chi connectivity index (χ1) is 12.8. The maximum Gasteiger partial charge on any atom is 0.307 e. The van der Waals surface area contributed by atoms with Crippen molar-refractivity contribution in [2.24, 2.45) is 0 Å². The number of amides is 1. The highest BCUT2D eigenvalue weighted by Crippen LogP contribution is 2.23. The third kappa shape index (κ3) is 7.83. The smallest absolute Gasteiger partial charge is 0.307 e. The van der Waals surface area contributed by atoms with Crippen LogP contribution in [0.4, 0.5) is 0 Å². The third-order valence-corrected chi connectivity index (χ3v) is 4.13. The standard InChI is InChI=1S/C21H32N2O4/c1-7-27-21(25)12-13-23(20(24)14-16(2)3)15-19(22(4)5)17-8-10-18(26-6)11-9-17/h8-11,14,19H,7,12-13,15H2,1-6H3. The molecule has 0 saturated heterocycles. The number of nitrogens with zero attached hydrogens (tertiary/aromatic N) is 2. The van der Waals surface area contributed by atoms with Crippen LogP contribution < -0.4 is 4.74 Å². The first-order valence-corrected chi connectivity index (χ1v) is 9.18. The summed E-state index contributed by atoms with van der Waals surface area (Å²) in [6.07, 6.45) is 1.78. The number of hydrogen-bond donors (Lipinski definition) is 0. The number of benzene rings is 1. The summed E-state index contributed by atoms with van der Waals surface area (Å²) in [5.41, 5.74) is 2.00. The van der Waals surface area contributed by atoms with Crippen molar-refractivity contribution in [3.8, 4) is 5.75 Å². The second-order valence-corrected chi connectivity index (χ2v) is 6.81. The molecule has 0 aliphatic carbocycles. The summed E-state index contributed by atoms with van der Waals surface area (Å²) in [7, 11) is 5.58. The fourth-order valence-electron chi connectivity index (χ4n) is 2.69. The van der Waals surface area contributed by atoms with E-state index in [4.69, 9.17) is 9.47 Å². The zero-order chi connectivity index (χ0) is 20.4. The number of esters is 1. The highest BCUT2D eigenvalue weighted by Gasteiger charge is 2.22. The Morgan fingerprint density at radius 2 is 1.78 bits per heavy atom. The predicted octanol–water partition coefficient (Wildman–Crippen LogP) is 3.05. The van der Waals surface area contributed by atoms with E-state index < -0.39 is 0 Å². The molecule has 1 unspecified atom stereocenters.